The van der Waals surface area contributed by atoms with Crippen LogP contribution in [-0.4, -0.2) is 28.6 Å². The summed E-state index contributed by atoms with van der Waals surface area (Å²) in [5, 5.41) is 0. The molecule has 0 radical (unpaired) electrons. The van der Waals surface area contributed by atoms with Crippen LogP contribution in [0.25, 0.3) is 0 Å². The summed E-state index contributed by atoms with van der Waals surface area (Å²) in [4.78, 5) is 20.1. The van der Waals surface area contributed by atoms with Gasteiger partial charge in [0.25, 0.3) is 5.56 Å². The molecule has 88 valence electrons. The summed E-state index contributed by atoms with van der Waals surface area (Å²) in [5.41, 5.74) is 5.89. The van der Waals surface area contributed by atoms with Gasteiger partial charge in [-0.15, -0.1) is 0 Å². The minimum Gasteiger partial charge on any atom is -0.352 e. The second-order valence-corrected chi connectivity index (χ2v) is 5.13. The lowest BCUT2D eigenvalue weighted by Gasteiger charge is -2.48. The zero-order valence-electron chi connectivity index (χ0n) is 9.16. The number of halogens is 1. The van der Waals surface area contributed by atoms with Crippen LogP contribution in [0.1, 0.15) is 19.8 Å². The lowest BCUT2D eigenvalue weighted by atomic mass is 9.86. The largest absolute Gasteiger partial charge is 0.352 e. The summed E-state index contributed by atoms with van der Waals surface area (Å²) in [6, 6.07) is 0. The van der Waals surface area contributed by atoms with Crippen LogP contribution in [-0.2, 0) is 0 Å². The molecule has 2 rings (SSSR count). The number of H-pyrrole nitrogens is 1. The highest BCUT2D eigenvalue weighted by atomic mass is 79.9. The minimum absolute atomic E-state index is 0.113. The summed E-state index contributed by atoms with van der Waals surface area (Å²) in [5.74, 6) is 0.681. The van der Waals surface area contributed by atoms with Crippen LogP contribution in [0.4, 0.5) is 5.82 Å². The molecule has 0 unspecified atom stereocenters. The van der Waals surface area contributed by atoms with Crippen molar-refractivity contribution in [1.82, 2.24) is 9.97 Å². The zero-order valence-corrected chi connectivity index (χ0v) is 10.7. The Balaban J connectivity index is 2.12. The topological polar surface area (TPSA) is 75.0 Å². The Kier molecular flexibility index (Phi) is 3.03. The van der Waals surface area contributed by atoms with Crippen molar-refractivity contribution in [2.75, 3.05) is 18.0 Å². The second-order valence-electron chi connectivity index (χ2n) is 4.34. The Morgan fingerprint density at radius 2 is 2.38 bits per heavy atom. The summed E-state index contributed by atoms with van der Waals surface area (Å²) in [7, 11) is 0. The van der Waals surface area contributed by atoms with E-state index in [-0.39, 0.29) is 11.1 Å². The van der Waals surface area contributed by atoms with E-state index in [1.54, 1.807) is 0 Å². The average molecular weight is 287 g/mol. The molecule has 0 spiro atoms. The Labute approximate surface area is 102 Å². The Bertz CT molecular complexity index is 439. The van der Waals surface area contributed by atoms with Gasteiger partial charge in [-0.3, -0.25) is 4.79 Å². The number of anilines is 1. The van der Waals surface area contributed by atoms with Gasteiger partial charge in [0.1, 0.15) is 10.3 Å². The molecule has 1 saturated heterocycles. The van der Waals surface area contributed by atoms with Gasteiger partial charge in [-0.2, -0.15) is 0 Å². The Hall–Kier alpha value is -0.880. The van der Waals surface area contributed by atoms with Gasteiger partial charge in [-0.25, -0.2) is 4.98 Å². The second kappa shape index (κ2) is 4.18. The summed E-state index contributed by atoms with van der Waals surface area (Å²) in [6.45, 7) is 3.64. The molecule has 5 nitrogen and oxygen atoms in total. The fourth-order valence-electron chi connectivity index (χ4n) is 2.11. The molecular formula is C10H15BrN4O. The normalized spacial score (nSPS) is 18.3. The number of nitrogens with two attached hydrogens (primary N) is 1. The first-order chi connectivity index (χ1) is 7.56. The monoisotopic (exact) mass is 286 g/mol. The third-order valence-corrected chi connectivity index (χ3v) is 3.55. The van der Waals surface area contributed by atoms with Crippen LogP contribution < -0.4 is 16.2 Å². The molecule has 1 aliphatic rings. The zero-order chi connectivity index (χ0) is 11.8. The quantitative estimate of drug-likeness (QED) is 0.864. The maximum atomic E-state index is 11.4. The molecule has 3 N–H and O–H groups in total. The number of nitrogens with zero attached hydrogens (tertiary/aromatic N) is 2. The number of aromatic amines is 1. The summed E-state index contributed by atoms with van der Waals surface area (Å²) >= 11 is 3.24. The van der Waals surface area contributed by atoms with Crippen molar-refractivity contribution in [3.8, 4) is 0 Å². The van der Waals surface area contributed by atoms with Crippen molar-refractivity contribution < 1.29 is 0 Å². The van der Waals surface area contributed by atoms with Gasteiger partial charge in [-0.05, 0) is 22.4 Å². The molecule has 1 fully saturated rings. The van der Waals surface area contributed by atoms with E-state index in [1.165, 1.54) is 6.33 Å². The van der Waals surface area contributed by atoms with Crippen LogP contribution in [0.2, 0.25) is 0 Å². The molecule has 1 aliphatic heterocycles. The van der Waals surface area contributed by atoms with Crippen molar-refractivity contribution >= 4 is 21.7 Å². The van der Waals surface area contributed by atoms with Crippen LogP contribution in [0.15, 0.2) is 15.6 Å². The lowest BCUT2D eigenvalue weighted by Crippen LogP contribution is -2.67. The van der Waals surface area contributed by atoms with Crippen LogP contribution >= 0.6 is 15.9 Å². The predicted molar refractivity (Wildman–Crippen MR) is 66.6 cm³/mol. The first-order valence-electron chi connectivity index (χ1n) is 5.33. The van der Waals surface area contributed by atoms with E-state index >= 15 is 0 Å². The van der Waals surface area contributed by atoms with E-state index in [0.29, 0.717) is 10.3 Å². The molecule has 0 aromatic carbocycles. The highest BCUT2D eigenvalue weighted by molar-refractivity contribution is 9.10. The van der Waals surface area contributed by atoms with Gasteiger partial charge >= 0.3 is 0 Å². The molecule has 0 bridgehead atoms. The van der Waals surface area contributed by atoms with Gasteiger partial charge in [0.2, 0.25) is 0 Å². The molecule has 16 heavy (non-hydrogen) atoms. The van der Waals surface area contributed by atoms with E-state index in [2.05, 4.69) is 32.8 Å². The highest BCUT2D eigenvalue weighted by Crippen LogP contribution is 2.30. The Morgan fingerprint density at radius 3 is 3.00 bits per heavy atom. The first-order valence-corrected chi connectivity index (χ1v) is 6.12. The van der Waals surface area contributed by atoms with E-state index in [1.807, 2.05) is 4.90 Å². The summed E-state index contributed by atoms with van der Waals surface area (Å²) < 4.78 is 0.480. The lowest BCUT2D eigenvalue weighted by molar-refractivity contribution is 0.305. The molecular weight excluding hydrogens is 272 g/mol. The van der Waals surface area contributed by atoms with E-state index in [4.69, 9.17) is 5.73 Å². The maximum Gasteiger partial charge on any atom is 0.267 e. The SMILES string of the molecule is CCCC1(N)CN(c2nc[nH]c(=O)c2Br)C1. The molecule has 0 saturated carbocycles. The van der Waals surface area contributed by atoms with Crippen LogP contribution in [0, 0.1) is 0 Å². The molecule has 0 aliphatic carbocycles. The predicted octanol–water partition coefficient (Wildman–Crippen LogP) is 0.850. The molecule has 2 heterocycles. The molecule has 0 amide bonds. The van der Waals surface area contributed by atoms with Crippen molar-refractivity contribution in [2.24, 2.45) is 5.73 Å². The van der Waals surface area contributed by atoms with E-state index in [0.717, 1.165) is 25.9 Å². The third-order valence-electron chi connectivity index (χ3n) is 2.84. The maximum absolute atomic E-state index is 11.4. The van der Waals surface area contributed by atoms with Gasteiger partial charge in [0.05, 0.1) is 11.9 Å². The van der Waals surface area contributed by atoms with Crippen molar-refractivity contribution in [3.05, 3.63) is 21.2 Å². The number of aromatic nitrogens is 2. The van der Waals surface area contributed by atoms with Gasteiger partial charge in [0.15, 0.2) is 0 Å². The highest BCUT2D eigenvalue weighted by Gasteiger charge is 2.40. The minimum atomic E-state index is -0.157. The van der Waals surface area contributed by atoms with Crippen molar-refractivity contribution in [2.45, 2.75) is 25.3 Å². The van der Waals surface area contributed by atoms with Gasteiger partial charge < -0.3 is 15.6 Å². The average Bonchev–Trinajstić information content (AvgIpc) is 2.19. The number of hydrogen-bond donors (Lipinski definition) is 2. The Morgan fingerprint density at radius 1 is 1.69 bits per heavy atom. The van der Waals surface area contributed by atoms with E-state index < -0.39 is 0 Å². The molecule has 0 atom stereocenters. The van der Waals surface area contributed by atoms with Gasteiger partial charge in [-0.1, -0.05) is 13.3 Å². The standard InChI is InChI=1S/C10H15BrN4O/c1-2-3-10(12)4-15(5-10)8-7(11)9(16)14-6-13-8/h6H,2-5,12H2,1H3,(H,13,14,16). The number of rotatable bonds is 3. The smallest absolute Gasteiger partial charge is 0.267 e. The third kappa shape index (κ3) is 1.99. The molecule has 6 heteroatoms. The van der Waals surface area contributed by atoms with Crippen molar-refractivity contribution in [1.29, 1.82) is 0 Å². The van der Waals surface area contributed by atoms with Crippen LogP contribution in [0.5, 0.6) is 0 Å². The van der Waals surface area contributed by atoms with Gasteiger partial charge in [0, 0.05) is 13.1 Å². The fraction of sp³-hybridized carbons (Fsp3) is 0.600. The summed E-state index contributed by atoms with van der Waals surface area (Å²) in [6.07, 6.45) is 3.50. The first kappa shape index (κ1) is 11.6. The van der Waals surface area contributed by atoms with Crippen LogP contribution in [0.3, 0.4) is 0 Å². The fourth-order valence-corrected chi connectivity index (χ4v) is 2.58. The van der Waals surface area contributed by atoms with E-state index in [9.17, 15) is 4.79 Å². The number of hydrogen-bond acceptors (Lipinski definition) is 4. The molecule has 1 aromatic rings. The number of nitrogens with one attached hydrogen (secondary N) is 1. The van der Waals surface area contributed by atoms with Crippen molar-refractivity contribution in [3.63, 3.8) is 0 Å². The molecule has 1 aromatic heterocycles.